The Morgan fingerprint density at radius 2 is 1.62 bits per heavy atom. The number of hydrogen-bond donors (Lipinski definition) is 1. The highest BCUT2D eigenvalue weighted by molar-refractivity contribution is 7.89. The third kappa shape index (κ3) is 3.88. The molecule has 0 aliphatic rings. The summed E-state index contributed by atoms with van der Waals surface area (Å²) in [5.41, 5.74) is 3.09. The van der Waals surface area contributed by atoms with Gasteiger partial charge in [0.05, 0.1) is 19.1 Å². The summed E-state index contributed by atoms with van der Waals surface area (Å²) in [5.74, 6) is 0.860. The first-order chi connectivity index (χ1) is 11.3. The van der Waals surface area contributed by atoms with Gasteiger partial charge in [-0.05, 0) is 44.0 Å². The van der Waals surface area contributed by atoms with E-state index < -0.39 is 10.0 Å². The zero-order valence-corrected chi connectivity index (χ0v) is 15.4. The largest absolute Gasteiger partial charge is 0.493 e. The van der Waals surface area contributed by atoms with Gasteiger partial charge in [-0.2, -0.15) is 0 Å². The molecular formula is C18H23NO4S. The van der Waals surface area contributed by atoms with E-state index in [9.17, 15) is 8.42 Å². The fourth-order valence-electron chi connectivity index (χ4n) is 2.57. The molecule has 0 spiro atoms. The molecule has 0 unspecified atom stereocenters. The van der Waals surface area contributed by atoms with Crippen LogP contribution < -0.4 is 14.2 Å². The third-order valence-corrected chi connectivity index (χ3v) is 5.44. The lowest BCUT2D eigenvalue weighted by Gasteiger charge is -2.18. The van der Waals surface area contributed by atoms with E-state index in [4.69, 9.17) is 9.47 Å². The highest BCUT2D eigenvalue weighted by Crippen LogP contribution is 2.30. The standard InChI is InChI=1S/C18H23NO4S/c1-12-6-7-13(2)16(10-12)14(3)19-24(20,21)15-8-9-17(22-4)18(11-15)23-5/h6-11,14,19H,1-5H3/t14-/m1/s1. The second-order valence-corrected chi connectivity index (χ2v) is 7.43. The monoisotopic (exact) mass is 349 g/mol. The van der Waals surface area contributed by atoms with Crippen LogP contribution in [0.15, 0.2) is 41.3 Å². The Bertz CT molecular complexity index is 831. The fourth-order valence-corrected chi connectivity index (χ4v) is 3.81. The van der Waals surface area contributed by atoms with Crippen LogP contribution in [0.4, 0.5) is 0 Å². The SMILES string of the molecule is COc1ccc(S(=O)(=O)N[C@H](C)c2cc(C)ccc2C)cc1OC. The molecule has 0 aliphatic carbocycles. The van der Waals surface area contributed by atoms with Crippen LogP contribution in [0.2, 0.25) is 0 Å². The van der Waals surface area contributed by atoms with Crippen LogP contribution in [0, 0.1) is 13.8 Å². The lowest BCUT2D eigenvalue weighted by molar-refractivity contribution is 0.354. The van der Waals surface area contributed by atoms with Gasteiger partial charge in [-0.25, -0.2) is 13.1 Å². The van der Waals surface area contributed by atoms with Crippen LogP contribution in [0.5, 0.6) is 11.5 Å². The molecule has 2 rings (SSSR count). The maximum atomic E-state index is 12.7. The van der Waals surface area contributed by atoms with E-state index in [0.717, 1.165) is 16.7 Å². The van der Waals surface area contributed by atoms with Crippen molar-refractivity contribution in [3.8, 4) is 11.5 Å². The van der Waals surface area contributed by atoms with E-state index >= 15 is 0 Å². The second kappa shape index (κ2) is 7.23. The number of rotatable bonds is 6. The summed E-state index contributed by atoms with van der Waals surface area (Å²) in [6.07, 6.45) is 0. The molecule has 1 atom stereocenters. The Kier molecular flexibility index (Phi) is 5.51. The van der Waals surface area contributed by atoms with Crippen molar-refractivity contribution in [1.82, 2.24) is 4.72 Å². The summed E-state index contributed by atoms with van der Waals surface area (Å²) >= 11 is 0. The van der Waals surface area contributed by atoms with Crippen molar-refractivity contribution in [3.63, 3.8) is 0 Å². The summed E-state index contributed by atoms with van der Waals surface area (Å²) in [6, 6.07) is 10.2. The van der Waals surface area contributed by atoms with Crippen molar-refractivity contribution in [3.05, 3.63) is 53.1 Å². The van der Waals surface area contributed by atoms with Gasteiger partial charge < -0.3 is 9.47 Å². The highest BCUT2D eigenvalue weighted by Gasteiger charge is 2.21. The minimum absolute atomic E-state index is 0.136. The minimum Gasteiger partial charge on any atom is -0.493 e. The molecule has 0 heterocycles. The Morgan fingerprint density at radius 3 is 2.25 bits per heavy atom. The Morgan fingerprint density at radius 1 is 0.958 bits per heavy atom. The van der Waals surface area contributed by atoms with Gasteiger partial charge in [0.25, 0.3) is 0 Å². The molecule has 0 aliphatic heterocycles. The average Bonchev–Trinajstić information content (AvgIpc) is 2.55. The lowest BCUT2D eigenvalue weighted by Crippen LogP contribution is -2.27. The maximum Gasteiger partial charge on any atom is 0.241 e. The fraction of sp³-hybridized carbons (Fsp3) is 0.333. The summed E-state index contributed by atoms with van der Waals surface area (Å²) in [6.45, 7) is 5.79. The van der Waals surface area contributed by atoms with E-state index in [0.29, 0.717) is 11.5 Å². The number of nitrogens with one attached hydrogen (secondary N) is 1. The molecule has 0 radical (unpaired) electrons. The van der Waals surface area contributed by atoms with Crippen molar-refractivity contribution >= 4 is 10.0 Å². The van der Waals surface area contributed by atoms with Gasteiger partial charge in [0, 0.05) is 12.1 Å². The van der Waals surface area contributed by atoms with E-state index in [-0.39, 0.29) is 10.9 Å². The molecule has 0 saturated heterocycles. The zero-order chi connectivity index (χ0) is 17.9. The summed E-state index contributed by atoms with van der Waals surface area (Å²) in [4.78, 5) is 0.136. The van der Waals surface area contributed by atoms with Gasteiger partial charge in [-0.1, -0.05) is 23.8 Å². The molecule has 0 fully saturated rings. The number of aryl methyl sites for hydroxylation is 2. The molecule has 6 heteroatoms. The van der Waals surface area contributed by atoms with Crippen molar-refractivity contribution in [2.45, 2.75) is 31.7 Å². The Balaban J connectivity index is 2.32. The molecule has 0 aromatic heterocycles. The number of ether oxygens (including phenoxy) is 2. The Labute approximate surface area is 143 Å². The van der Waals surface area contributed by atoms with E-state index in [1.807, 2.05) is 39.0 Å². The van der Waals surface area contributed by atoms with Crippen LogP contribution in [0.3, 0.4) is 0 Å². The molecular weight excluding hydrogens is 326 g/mol. The first kappa shape index (κ1) is 18.3. The molecule has 0 bridgehead atoms. The molecule has 1 N–H and O–H groups in total. The Hall–Kier alpha value is -2.05. The third-order valence-electron chi connectivity index (χ3n) is 3.90. The van der Waals surface area contributed by atoms with Crippen molar-refractivity contribution in [2.75, 3.05) is 14.2 Å². The molecule has 5 nitrogen and oxygen atoms in total. The molecule has 2 aromatic rings. The summed E-state index contributed by atoms with van der Waals surface area (Å²) in [5, 5.41) is 0. The van der Waals surface area contributed by atoms with Gasteiger partial charge in [-0.3, -0.25) is 0 Å². The predicted octanol–water partition coefficient (Wildman–Crippen LogP) is 3.36. The second-order valence-electron chi connectivity index (χ2n) is 5.72. The number of sulfonamides is 1. The zero-order valence-electron chi connectivity index (χ0n) is 14.6. The highest BCUT2D eigenvalue weighted by atomic mass is 32.2. The van der Waals surface area contributed by atoms with Crippen LogP contribution in [0.1, 0.15) is 29.7 Å². The van der Waals surface area contributed by atoms with Crippen molar-refractivity contribution in [1.29, 1.82) is 0 Å². The normalized spacial score (nSPS) is 12.7. The van der Waals surface area contributed by atoms with Gasteiger partial charge in [0.15, 0.2) is 11.5 Å². The van der Waals surface area contributed by atoms with Crippen LogP contribution >= 0.6 is 0 Å². The van der Waals surface area contributed by atoms with Gasteiger partial charge >= 0.3 is 0 Å². The quantitative estimate of drug-likeness (QED) is 0.868. The van der Waals surface area contributed by atoms with Crippen LogP contribution in [-0.2, 0) is 10.0 Å². The number of hydrogen-bond acceptors (Lipinski definition) is 4. The van der Waals surface area contributed by atoms with Crippen molar-refractivity contribution < 1.29 is 17.9 Å². The van der Waals surface area contributed by atoms with Crippen LogP contribution in [0.25, 0.3) is 0 Å². The molecule has 130 valence electrons. The maximum absolute atomic E-state index is 12.7. The molecule has 0 amide bonds. The summed E-state index contributed by atoms with van der Waals surface area (Å²) < 4.78 is 38.4. The number of methoxy groups -OCH3 is 2. The van der Waals surface area contributed by atoms with Crippen molar-refractivity contribution in [2.24, 2.45) is 0 Å². The molecule has 0 saturated carbocycles. The van der Waals surface area contributed by atoms with E-state index in [1.165, 1.54) is 26.4 Å². The van der Waals surface area contributed by atoms with Gasteiger partial charge in [0.2, 0.25) is 10.0 Å². The van der Waals surface area contributed by atoms with Gasteiger partial charge in [-0.15, -0.1) is 0 Å². The van der Waals surface area contributed by atoms with Gasteiger partial charge in [0.1, 0.15) is 0 Å². The number of benzene rings is 2. The average molecular weight is 349 g/mol. The van der Waals surface area contributed by atoms with E-state index in [2.05, 4.69) is 4.72 Å². The topological polar surface area (TPSA) is 64.6 Å². The smallest absolute Gasteiger partial charge is 0.241 e. The predicted molar refractivity (Wildman–Crippen MR) is 94.2 cm³/mol. The minimum atomic E-state index is -3.68. The summed E-state index contributed by atoms with van der Waals surface area (Å²) in [7, 11) is -0.701. The van der Waals surface area contributed by atoms with E-state index in [1.54, 1.807) is 6.07 Å². The molecule has 24 heavy (non-hydrogen) atoms. The first-order valence-electron chi connectivity index (χ1n) is 7.60. The lowest BCUT2D eigenvalue weighted by atomic mass is 10.0. The first-order valence-corrected chi connectivity index (χ1v) is 9.08. The van der Waals surface area contributed by atoms with Crippen LogP contribution in [-0.4, -0.2) is 22.6 Å². The molecule has 2 aromatic carbocycles.